The molecule has 80 valence electrons. The number of halogens is 2. The summed E-state index contributed by atoms with van der Waals surface area (Å²) < 4.78 is 0.989. The van der Waals surface area contributed by atoms with Crippen molar-refractivity contribution in [3.63, 3.8) is 0 Å². The summed E-state index contributed by atoms with van der Waals surface area (Å²) >= 11 is 11.1. The Morgan fingerprint density at radius 1 is 1.38 bits per heavy atom. The van der Waals surface area contributed by atoms with Crippen molar-refractivity contribution in [2.75, 3.05) is 0 Å². The molecule has 0 aromatic heterocycles. The van der Waals surface area contributed by atoms with E-state index in [-0.39, 0.29) is 6.04 Å². The maximum Gasteiger partial charge on any atom is 0.138 e. The molecule has 0 unspecified atom stereocenters. The lowest BCUT2D eigenvalue weighted by Gasteiger charge is -2.03. The molecule has 0 saturated carbocycles. The van der Waals surface area contributed by atoms with Crippen molar-refractivity contribution in [2.24, 2.45) is 15.2 Å². The summed E-state index contributed by atoms with van der Waals surface area (Å²) in [4.78, 5) is 4.52. The summed E-state index contributed by atoms with van der Waals surface area (Å²) in [5, 5.41) is 10.4. The Balaban J connectivity index is 2.03. The number of hydrogen-bond donors (Lipinski definition) is 0. The van der Waals surface area contributed by atoms with Gasteiger partial charge in [0.1, 0.15) is 16.1 Å². The van der Waals surface area contributed by atoms with Crippen LogP contribution in [0, 0.1) is 0 Å². The molecule has 0 N–H and O–H groups in total. The Labute approximate surface area is 110 Å². The third-order valence-corrected chi connectivity index (χ3v) is 4.11. The van der Waals surface area contributed by atoms with Crippen LogP contribution in [0.25, 0.3) is 0 Å². The van der Waals surface area contributed by atoms with Gasteiger partial charge in [-0.1, -0.05) is 27.5 Å². The summed E-state index contributed by atoms with van der Waals surface area (Å²) in [6.07, 6.45) is 1.74. The van der Waals surface area contributed by atoms with E-state index in [4.69, 9.17) is 11.6 Å². The molecule has 0 spiro atoms. The lowest BCUT2D eigenvalue weighted by molar-refractivity contribution is 1.22. The van der Waals surface area contributed by atoms with Crippen molar-refractivity contribution < 1.29 is 0 Å². The van der Waals surface area contributed by atoms with Gasteiger partial charge in [-0.2, -0.15) is 5.10 Å². The Hall–Kier alpha value is -0.650. The SMILES string of the molecule is Clc1ccc(Br)cc1C1=N[C@@H]2C=NN=C2S1. The average molecular weight is 315 g/mol. The van der Waals surface area contributed by atoms with Crippen molar-refractivity contribution in [1.29, 1.82) is 0 Å². The van der Waals surface area contributed by atoms with Crippen LogP contribution in [0.2, 0.25) is 5.02 Å². The van der Waals surface area contributed by atoms with E-state index in [1.165, 1.54) is 11.8 Å². The van der Waals surface area contributed by atoms with Crippen LogP contribution < -0.4 is 0 Å². The van der Waals surface area contributed by atoms with Crippen molar-refractivity contribution >= 4 is 55.6 Å². The zero-order chi connectivity index (χ0) is 11.1. The number of benzene rings is 1. The van der Waals surface area contributed by atoms with E-state index in [0.717, 1.165) is 20.1 Å². The largest absolute Gasteiger partial charge is 0.261 e. The Morgan fingerprint density at radius 3 is 3.06 bits per heavy atom. The van der Waals surface area contributed by atoms with E-state index >= 15 is 0 Å². The van der Waals surface area contributed by atoms with E-state index in [2.05, 4.69) is 31.1 Å². The van der Waals surface area contributed by atoms with Crippen molar-refractivity contribution in [3.05, 3.63) is 33.3 Å². The second-order valence-corrected chi connectivity index (χ2v) is 5.64. The molecular formula is C10H5BrClN3S. The predicted octanol–water partition coefficient (Wildman–Crippen LogP) is 3.36. The molecule has 1 aromatic carbocycles. The van der Waals surface area contributed by atoms with E-state index < -0.39 is 0 Å². The minimum Gasteiger partial charge on any atom is -0.261 e. The first kappa shape index (κ1) is 10.5. The van der Waals surface area contributed by atoms with Gasteiger partial charge >= 0.3 is 0 Å². The summed E-state index contributed by atoms with van der Waals surface area (Å²) in [6, 6.07) is 5.72. The third-order valence-electron chi connectivity index (χ3n) is 2.23. The number of aliphatic imine (C=N–C) groups is 1. The van der Waals surface area contributed by atoms with Crippen LogP contribution in [0.3, 0.4) is 0 Å². The maximum atomic E-state index is 6.14. The molecule has 1 atom stereocenters. The van der Waals surface area contributed by atoms with Crippen LogP contribution in [0.5, 0.6) is 0 Å². The smallest absolute Gasteiger partial charge is 0.138 e. The van der Waals surface area contributed by atoms with Gasteiger partial charge in [0.2, 0.25) is 0 Å². The van der Waals surface area contributed by atoms with E-state index in [1.807, 2.05) is 18.2 Å². The highest BCUT2D eigenvalue weighted by Crippen LogP contribution is 2.32. The van der Waals surface area contributed by atoms with Gasteiger partial charge in [0.05, 0.1) is 11.2 Å². The minimum atomic E-state index is -0.00458. The zero-order valence-corrected chi connectivity index (χ0v) is 11.1. The van der Waals surface area contributed by atoms with Crippen molar-refractivity contribution in [2.45, 2.75) is 6.04 Å². The molecule has 3 nitrogen and oxygen atoms in total. The maximum absolute atomic E-state index is 6.14. The normalized spacial score (nSPS) is 22.0. The molecule has 0 radical (unpaired) electrons. The molecule has 6 heteroatoms. The van der Waals surface area contributed by atoms with Crippen LogP contribution in [0.1, 0.15) is 5.56 Å². The molecule has 2 heterocycles. The van der Waals surface area contributed by atoms with Gasteiger partial charge in [-0.05, 0) is 30.0 Å². The topological polar surface area (TPSA) is 37.1 Å². The molecule has 0 bridgehead atoms. The van der Waals surface area contributed by atoms with Crippen LogP contribution in [0.4, 0.5) is 0 Å². The van der Waals surface area contributed by atoms with Crippen LogP contribution in [0.15, 0.2) is 37.9 Å². The molecular weight excluding hydrogens is 310 g/mol. The predicted molar refractivity (Wildman–Crippen MR) is 73.0 cm³/mol. The Bertz CT molecular complexity index is 553. The quantitative estimate of drug-likeness (QED) is 0.783. The van der Waals surface area contributed by atoms with Crippen molar-refractivity contribution in [3.8, 4) is 0 Å². The minimum absolute atomic E-state index is 0.00458. The molecule has 1 aromatic rings. The number of thioether (sulfide) groups is 1. The molecule has 3 rings (SSSR count). The third kappa shape index (κ3) is 1.73. The van der Waals surface area contributed by atoms with Crippen LogP contribution >= 0.6 is 39.3 Å². The number of rotatable bonds is 1. The van der Waals surface area contributed by atoms with Crippen LogP contribution in [-0.4, -0.2) is 22.3 Å². The second-order valence-electron chi connectivity index (χ2n) is 3.31. The molecule has 16 heavy (non-hydrogen) atoms. The highest BCUT2D eigenvalue weighted by atomic mass is 79.9. The summed E-state index contributed by atoms with van der Waals surface area (Å²) in [7, 11) is 0. The number of fused-ring (bicyclic) bond motifs is 1. The van der Waals surface area contributed by atoms with Crippen molar-refractivity contribution in [1.82, 2.24) is 0 Å². The number of hydrogen-bond acceptors (Lipinski definition) is 4. The molecule has 2 aliphatic heterocycles. The molecule has 0 aliphatic carbocycles. The Morgan fingerprint density at radius 2 is 2.25 bits per heavy atom. The summed E-state index contributed by atoms with van der Waals surface area (Å²) in [5.41, 5.74) is 0.937. The standard InChI is InChI=1S/C10H5BrClN3S/c11-5-1-2-7(12)6(3-5)9-14-8-4-13-15-10(8)16-9/h1-4,8H/t8-/m1/s1. The zero-order valence-electron chi connectivity index (χ0n) is 7.89. The highest BCUT2D eigenvalue weighted by Gasteiger charge is 2.29. The fourth-order valence-corrected chi connectivity index (χ4v) is 3.07. The van der Waals surface area contributed by atoms with E-state index in [9.17, 15) is 0 Å². The fourth-order valence-electron chi connectivity index (χ4n) is 1.48. The fraction of sp³-hybridized carbons (Fsp3) is 0.100. The monoisotopic (exact) mass is 313 g/mol. The van der Waals surface area contributed by atoms with Gasteiger partial charge in [-0.25, -0.2) is 0 Å². The average Bonchev–Trinajstić information content (AvgIpc) is 2.81. The van der Waals surface area contributed by atoms with Gasteiger partial charge in [0.25, 0.3) is 0 Å². The lowest BCUT2D eigenvalue weighted by atomic mass is 10.2. The molecule has 0 amide bonds. The first-order chi connectivity index (χ1) is 7.74. The van der Waals surface area contributed by atoms with Gasteiger partial charge in [-0.3, -0.25) is 4.99 Å². The summed E-state index contributed by atoms with van der Waals surface area (Å²) in [6.45, 7) is 0. The molecule has 2 aliphatic rings. The Kier molecular flexibility index (Phi) is 2.61. The van der Waals surface area contributed by atoms with Gasteiger partial charge in [0, 0.05) is 10.0 Å². The van der Waals surface area contributed by atoms with Gasteiger partial charge in [0.15, 0.2) is 0 Å². The van der Waals surface area contributed by atoms with Crippen LogP contribution in [-0.2, 0) is 0 Å². The van der Waals surface area contributed by atoms with Gasteiger partial charge < -0.3 is 0 Å². The lowest BCUT2D eigenvalue weighted by Crippen LogP contribution is -2.06. The van der Waals surface area contributed by atoms with E-state index in [1.54, 1.807) is 6.21 Å². The molecule has 0 saturated heterocycles. The van der Waals surface area contributed by atoms with Gasteiger partial charge in [-0.15, -0.1) is 5.10 Å². The second kappa shape index (κ2) is 3.98. The van der Waals surface area contributed by atoms with E-state index in [0.29, 0.717) is 5.02 Å². The highest BCUT2D eigenvalue weighted by molar-refractivity contribution is 9.10. The number of nitrogens with zero attached hydrogens (tertiary/aromatic N) is 3. The first-order valence-electron chi connectivity index (χ1n) is 4.56. The molecule has 0 fully saturated rings. The first-order valence-corrected chi connectivity index (χ1v) is 6.55. The summed E-state index contributed by atoms with van der Waals surface area (Å²) in [5.74, 6) is 0.